The molecule has 2 amide bonds. The molecule has 1 aromatic heterocycles. The van der Waals surface area contributed by atoms with Gasteiger partial charge in [0.15, 0.2) is 0 Å². The first-order valence-electron chi connectivity index (χ1n) is 6.09. The number of aliphatic hydroxyl groups is 1. The minimum absolute atomic E-state index is 0.124. The van der Waals surface area contributed by atoms with Gasteiger partial charge in [0.1, 0.15) is 0 Å². The molecule has 0 radical (unpaired) electrons. The van der Waals surface area contributed by atoms with E-state index in [9.17, 15) is 9.90 Å². The van der Waals surface area contributed by atoms with E-state index in [0.717, 1.165) is 35.0 Å². The quantitative estimate of drug-likeness (QED) is 0.796. The second-order valence-electron chi connectivity index (χ2n) is 4.56. The standard InChI is InChI=1S/C12H17BrN2O2S/c13-8-5-11(18-7-8)6-14-12(17)15-9-1-3-10(16)4-2-9/h5,7,9-10,16H,1-4,6H2,(H2,14,15,17). The molecule has 2 rings (SSSR count). The number of halogens is 1. The molecule has 1 aliphatic rings. The zero-order chi connectivity index (χ0) is 13.0. The summed E-state index contributed by atoms with van der Waals surface area (Å²) < 4.78 is 1.05. The molecule has 0 bridgehead atoms. The van der Waals surface area contributed by atoms with Crippen LogP contribution in [0.4, 0.5) is 4.79 Å². The Labute approximate surface area is 119 Å². The highest BCUT2D eigenvalue weighted by Crippen LogP contribution is 2.20. The molecule has 3 N–H and O–H groups in total. The maximum absolute atomic E-state index is 11.7. The molecule has 100 valence electrons. The van der Waals surface area contributed by atoms with Crippen LogP contribution in [0.1, 0.15) is 30.6 Å². The van der Waals surface area contributed by atoms with Crippen LogP contribution in [0.2, 0.25) is 0 Å². The van der Waals surface area contributed by atoms with Gasteiger partial charge >= 0.3 is 6.03 Å². The molecule has 1 aliphatic carbocycles. The number of carbonyl (C=O) groups is 1. The highest BCUT2D eigenvalue weighted by atomic mass is 79.9. The lowest BCUT2D eigenvalue weighted by atomic mass is 9.93. The van der Waals surface area contributed by atoms with Gasteiger partial charge in [-0.2, -0.15) is 0 Å². The van der Waals surface area contributed by atoms with Gasteiger partial charge in [0, 0.05) is 20.8 Å². The number of carbonyl (C=O) groups excluding carboxylic acids is 1. The van der Waals surface area contributed by atoms with E-state index in [1.807, 2.05) is 11.4 Å². The molecule has 4 nitrogen and oxygen atoms in total. The monoisotopic (exact) mass is 332 g/mol. The summed E-state index contributed by atoms with van der Waals surface area (Å²) in [5, 5.41) is 17.2. The molecule has 0 atom stereocenters. The van der Waals surface area contributed by atoms with E-state index >= 15 is 0 Å². The molecule has 1 saturated carbocycles. The van der Waals surface area contributed by atoms with Crippen molar-refractivity contribution in [1.29, 1.82) is 0 Å². The van der Waals surface area contributed by atoms with Gasteiger partial charge in [-0.05, 0) is 47.7 Å². The summed E-state index contributed by atoms with van der Waals surface area (Å²) in [6.07, 6.45) is 3.10. The number of rotatable bonds is 3. The Morgan fingerprint density at radius 2 is 2.17 bits per heavy atom. The van der Waals surface area contributed by atoms with Crippen molar-refractivity contribution in [2.75, 3.05) is 0 Å². The van der Waals surface area contributed by atoms with E-state index in [2.05, 4.69) is 26.6 Å². The van der Waals surface area contributed by atoms with E-state index in [1.54, 1.807) is 11.3 Å². The molecule has 1 aromatic rings. The molecule has 18 heavy (non-hydrogen) atoms. The second-order valence-corrected chi connectivity index (χ2v) is 6.48. The Morgan fingerprint density at radius 3 is 2.78 bits per heavy atom. The van der Waals surface area contributed by atoms with Crippen LogP contribution in [-0.2, 0) is 6.54 Å². The maximum atomic E-state index is 11.7. The Hall–Kier alpha value is -0.590. The van der Waals surface area contributed by atoms with Crippen molar-refractivity contribution in [3.63, 3.8) is 0 Å². The minimum Gasteiger partial charge on any atom is -0.393 e. The molecule has 1 fully saturated rings. The summed E-state index contributed by atoms with van der Waals surface area (Å²) in [6, 6.07) is 2.08. The van der Waals surface area contributed by atoms with Crippen molar-refractivity contribution in [2.45, 2.75) is 44.4 Å². The molecule has 6 heteroatoms. The van der Waals surface area contributed by atoms with Crippen LogP contribution in [0.5, 0.6) is 0 Å². The Kier molecular flexibility index (Phi) is 5.03. The van der Waals surface area contributed by atoms with Crippen LogP contribution < -0.4 is 10.6 Å². The number of aliphatic hydroxyl groups excluding tert-OH is 1. The Morgan fingerprint density at radius 1 is 1.44 bits per heavy atom. The third kappa shape index (κ3) is 4.26. The molecular weight excluding hydrogens is 316 g/mol. The second kappa shape index (κ2) is 6.54. The number of hydrogen-bond acceptors (Lipinski definition) is 3. The van der Waals surface area contributed by atoms with Crippen molar-refractivity contribution in [1.82, 2.24) is 10.6 Å². The van der Waals surface area contributed by atoms with Crippen molar-refractivity contribution < 1.29 is 9.90 Å². The lowest BCUT2D eigenvalue weighted by Gasteiger charge is -2.26. The fraction of sp³-hybridized carbons (Fsp3) is 0.583. The third-order valence-corrected chi connectivity index (χ3v) is 4.77. The average molecular weight is 333 g/mol. The SMILES string of the molecule is O=C(NCc1cc(Br)cs1)NC1CCC(O)CC1. The number of nitrogens with one attached hydrogen (secondary N) is 2. The van der Waals surface area contributed by atoms with Gasteiger partial charge in [0.2, 0.25) is 0 Å². The zero-order valence-corrected chi connectivity index (χ0v) is 12.4. The van der Waals surface area contributed by atoms with Gasteiger partial charge < -0.3 is 15.7 Å². The largest absolute Gasteiger partial charge is 0.393 e. The summed E-state index contributed by atoms with van der Waals surface area (Å²) in [7, 11) is 0. The minimum atomic E-state index is -0.186. The number of hydrogen-bond donors (Lipinski definition) is 3. The fourth-order valence-electron chi connectivity index (χ4n) is 2.07. The van der Waals surface area contributed by atoms with Crippen molar-refractivity contribution in [3.8, 4) is 0 Å². The van der Waals surface area contributed by atoms with Crippen LogP contribution in [0.25, 0.3) is 0 Å². The molecule has 0 saturated heterocycles. The summed E-state index contributed by atoms with van der Waals surface area (Å²) in [5.41, 5.74) is 0. The van der Waals surface area contributed by atoms with Crippen LogP contribution >= 0.6 is 27.3 Å². The first-order valence-corrected chi connectivity index (χ1v) is 7.76. The predicted molar refractivity (Wildman–Crippen MR) is 75.7 cm³/mol. The lowest BCUT2D eigenvalue weighted by molar-refractivity contribution is 0.117. The van der Waals surface area contributed by atoms with Gasteiger partial charge in [0.05, 0.1) is 12.6 Å². The van der Waals surface area contributed by atoms with E-state index in [-0.39, 0.29) is 18.2 Å². The topological polar surface area (TPSA) is 61.4 Å². The van der Waals surface area contributed by atoms with E-state index in [4.69, 9.17) is 0 Å². The Bertz CT molecular complexity index is 403. The van der Waals surface area contributed by atoms with Crippen LogP contribution in [-0.4, -0.2) is 23.3 Å². The van der Waals surface area contributed by atoms with Crippen LogP contribution in [0, 0.1) is 0 Å². The van der Waals surface area contributed by atoms with Gasteiger partial charge in [-0.1, -0.05) is 0 Å². The van der Waals surface area contributed by atoms with Crippen LogP contribution in [0.15, 0.2) is 15.9 Å². The van der Waals surface area contributed by atoms with E-state index in [1.165, 1.54) is 0 Å². The summed E-state index contributed by atoms with van der Waals surface area (Å²) in [5.74, 6) is 0. The fourth-order valence-corrected chi connectivity index (χ4v) is 3.46. The number of thiophene rings is 1. The van der Waals surface area contributed by atoms with Crippen molar-refractivity contribution >= 4 is 33.3 Å². The predicted octanol–water partition coefficient (Wildman–Crippen LogP) is 2.61. The molecule has 0 spiro atoms. The van der Waals surface area contributed by atoms with Crippen LogP contribution in [0.3, 0.4) is 0 Å². The molecule has 0 unspecified atom stereocenters. The van der Waals surface area contributed by atoms with Crippen molar-refractivity contribution in [3.05, 3.63) is 20.8 Å². The molecule has 0 aliphatic heterocycles. The summed E-state index contributed by atoms with van der Waals surface area (Å²) in [4.78, 5) is 12.8. The van der Waals surface area contributed by atoms with E-state index in [0.29, 0.717) is 6.54 Å². The highest BCUT2D eigenvalue weighted by Gasteiger charge is 2.20. The van der Waals surface area contributed by atoms with Gasteiger partial charge in [0.25, 0.3) is 0 Å². The first-order chi connectivity index (χ1) is 8.63. The van der Waals surface area contributed by atoms with Gasteiger partial charge in [-0.25, -0.2) is 4.79 Å². The highest BCUT2D eigenvalue weighted by molar-refractivity contribution is 9.10. The smallest absolute Gasteiger partial charge is 0.315 e. The number of amides is 2. The molecule has 1 heterocycles. The molecular formula is C12H17BrN2O2S. The maximum Gasteiger partial charge on any atom is 0.315 e. The normalized spacial score (nSPS) is 23.7. The molecule has 0 aromatic carbocycles. The summed E-state index contributed by atoms with van der Waals surface area (Å²) in [6.45, 7) is 0.553. The Balaban J connectivity index is 1.69. The van der Waals surface area contributed by atoms with Gasteiger partial charge in [-0.15, -0.1) is 11.3 Å². The van der Waals surface area contributed by atoms with Crippen molar-refractivity contribution in [2.24, 2.45) is 0 Å². The number of urea groups is 1. The third-order valence-electron chi connectivity index (χ3n) is 3.08. The first kappa shape index (κ1) is 13.8. The van der Waals surface area contributed by atoms with Gasteiger partial charge in [-0.3, -0.25) is 0 Å². The lowest BCUT2D eigenvalue weighted by Crippen LogP contribution is -2.43. The average Bonchev–Trinajstić information content (AvgIpc) is 2.76. The zero-order valence-electron chi connectivity index (χ0n) is 9.99. The summed E-state index contributed by atoms with van der Waals surface area (Å²) >= 11 is 5.00. The van der Waals surface area contributed by atoms with E-state index < -0.39 is 0 Å².